The Morgan fingerprint density at radius 1 is 1.41 bits per heavy atom. The van der Waals surface area contributed by atoms with E-state index in [9.17, 15) is 4.79 Å². The van der Waals surface area contributed by atoms with Crippen molar-refractivity contribution in [2.75, 3.05) is 5.32 Å². The first-order chi connectivity index (χ1) is 10.6. The number of nitrogens with zero attached hydrogens (tertiary/aromatic N) is 4. The number of hydrogen-bond donors (Lipinski definition) is 2. The molecule has 8 heteroatoms. The first-order valence-electron chi connectivity index (χ1n) is 7.24. The molecule has 22 heavy (non-hydrogen) atoms. The van der Waals surface area contributed by atoms with Crippen LogP contribution in [-0.4, -0.2) is 25.7 Å². The minimum Gasteiger partial charge on any atom is -0.405 e. The molecule has 0 saturated heterocycles. The molecule has 1 amide bonds. The average molecular weight is 302 g/mol. The van der Waals surface area contributed by atoms with Gasteiger partial charge in [-0.15, -0.1) is 5.10 Å². The standard InChI is InChI=1S/C14H18N6O2/c1-3-20-13(8(2)15)18-19-14(20)22-12-7-5-9-10(17-12)4-6-11(21)16-9/h5,7-8H,3-4,6,15H2,1-2H3,(H,16,21)/t8-/m1/s1. The number of amides is 1. The lowest BCUT2D eigenvalue weighted by Crippen LogP contribution is -2.20. The highest BCUT2D eigenvalue weighted by molar-refractivity contribution is 5.93. The molecule has 3 heterocycles. The Hall–Kier alpha value is -2.48. The first kappa shape index (κ1) is 14.5. The van der Waals surface area contributed by atoms with Crippen molar-refractivity contribution in [1.29, 1.82) is 0 Å². The van der Waals surface area contributed by atoms with Crippen molar-refractivity contribution in [1.82, 2.24) is 19.7 Å². The normalized spacial score (nSPS) is 15.1. The molecule has 1 aliphatic rings. The summed E-state index contributed by atoms with van der Waals surface area (Å²) in [7, 11) is 0. The van der Waals surface area contributed by atoms with Gasteiger partial charge in [-0.05, 0) is 19.9 Å². The van der Waals surface area contributed by atoms with Crippen molar-refractivity contribution in [3.8, 4) is 11.9 Å². The summed E-state index contributed by atoms with van der Waals surface area (Å²) in [5.41, 5.74) is 7.41. The number of pyridine rings is 1. The van der Waals surface area contributed by atoms with E-state index in [-0.39, 0.29) is 11.9 Å². The summed E-state index contributed by atoms with van der Waals surface area (Å²) < 4.78 is 7.55. The largest absolute Gasteiger partial charge is 0.405 e. The van der Waals surface area contributed by atoms with E-state index in [0.29, 0.717) is 37.1 Å². The summed E-state index contributed by atoms with van der Waals surface area (Å²) in [4.78, 5) is 15.8. The van der Waals surface area contributed by atoms with Gasteiger partial charge in [-0.3, -0.25) is 9.36 Å². The summed E-state index contributed by atoms with van der Waals surface area (Å²) >= 11 is 0. The van der Waals surface area contributed by atoms with Crippen LogP contribution >= 0.6 is 0 Å². The Labute approximate surface area is 127 Å². The number of anilines is 1. The highest BCUT2D eigenvalue weighted by Crippen LogP contribution is 2.26. The number of hydrogen-bond acceptors (Lipinski definition) is 6. The van der Waals surface area contributed by atoms with Crippen LogP contribution < -0.4 is 15.8 Å². The van der Waals surface area contributed by atoms with Gasteiger partial charge in [0.05, 0.1) is 17.4 Å². The second-order valence-electron chi connectivity index (χ2n) is 5.17. The second-order valence-corrected chi connectivity index (χ2v) is 5.17. The van der Waals surface area contributed by atoms with Crippen molar-refractivity contribution in [2.24, 2.45) is 5.73 Å². The minimum atomic E-state index is -0.225. The van der Waals surface area contributed by atoms with Gasteiger partial charge in [0.25, 0.3) is 0 Å². The molecule has 0 radical (unpaired) electrons. The van der Waals surface area contributed by atoms with Crippen molar-refractivity contribution < 1.29 is 9.53 Å². The smallest absolute Gasteiger partial charge is 0.323 e. The Kier molecular flexibility index (Phi) is 3.76. The van der Waals surface area contributed by atoms with Crippen LogP contribution in [0.2, 0.25) is 0 Å². The van der Waals surface area contributed by atoms with Gasteiger partial charge in [-0.25, -0.2) is 4.98 Å². The van der Waals surface area contributed by atoms with Crippen LogP contribution in [0.5, 0.6) is 11.9 Å². The SMILES string of the molecule is CCn1c(Oc2ccc3c(n2)CCC(=O)N3)nnc1[C@@H](C)N. The maximum Gasteiger partial charge on any atom is 0.323 e. The molecule has 0 unspecified atom stereocenters. The summed E-state index contributed by atoms with van der Waals surface area (Å²) in [5.74, 6) is 1.10. The Morgan fingerprint density at radius 2 is 2.23 bits per heavy atom. The molecule has 2 aromatic rings. The number of nitrogens with two attached hydrogens (primary N) is 1. The Balaban J connectivity index is 1.86. The van der Waals surface area contributed by atoms with E-state index < -0.39 is 0 Å². The molecular weight excluding hydrogens is 284 g/mol. The number of carbonyl (C=O) groups excluding carboxylic acids is 1. The molecule has 0 fully saturated rings. The quantitative estimate of drug-likeness (QED) is 0.883. The lowest BCUT2D eigenvalue weighted by atomic mass is 10.1. The minimum absolute atomic E-state index is 0.00951. The molecule has 0 saturated carbocycles. The number of nitrogens with one attached hydrogen (secondary N) is 1. The summed E-state index contributed by atoms with van der Waals surface area (Å²) in [6.07, 6.45) is 1.04. The lowest BCUT2D eigenvalue weighted by Gasteiger charge is -2.16. The topological polar surface area (TPSA) is 108 Å². The first-order valence-corrected chi connectivity index (χ1v) is 7.24. The number of ether oxygens (including phenoxy) is 1. The monoisotopic (exact) mass is 302 g/mol. The second kappa shape index (κ2) is 5.72. The molecule has 1 atom stereocenters. The molecule has 116 valence electrons. The maximum atomic E-state index is 11.3. The highest BCUT2D eigenvalue weighted by Gasteiger charge is 2.19. The van der Waals surface area contributed by atoms with E-state index in [1.807, 2.05) is 18.4 Å². The molecule has 8 nitrogen and oxygen atoms in total. The van der Waals surface area contributed by atoms with Crippen LogP contribution in [0.15, 0.2) is 12.1 Å². The van der Waals surface area contributed by atoms with Crippen LogP contribution in [-0.2, 0) is 17.8 Å². The number of rotatable bonds is 4. The van der Waals surface area contributed by atoms with Gasteiger partial charge in [-0.1, -0.05) is 5.10 Å². The van der Waals surface area contributed by atoms with Crippen molar-refractivity contribution >= 4 is 11.6 Å². The van der Waals surface area contributed by atoms with E-state index in [1.165, 1.54) is 0 Å². The third kappa shape index (κ3) is 2.64. The molecule has 0 aromatic carbocycles. The molecule has 0 aliphatic carbocycles. The van der Waals surface area contributed by atoms with Crippen molar-refractivity contribution in [2.45, 2.75) is 39.3 Å². The zero-order chi connectivity index (χ0) is 15.7. The number of aromatic nitrogens is 4. The molecule has 3 N–H and O–H groups in total. The van der Waals surface area contributed by atoms with Gasteiger partial charge in [-0.2, -0.15) is 0 Å². The van der Waals surface area contributed by atoms with Gasteiger partial charge in [0, 0.05) is 25.5 Å². The third-order valence-electron chi connectivity index (χ3n) is 3.48. The fourth-order valence-electron chi connectivity index (χ4n) is 2.39. The van der Waals surface area contributed by atoms with Gasteiger partial charge < -0.3 is 15.8 Å². The molecule has 0 bridgehead atoms. The molecule has 1 aliphatic heterocycles. The molecule has 3 rings (SSSR count). The Bertz CT molecular complexity index is 709. The van der Waals surface area contributed by atoms with Crippen molar-refractivity contribution in [3.63, 3.8) is 0 Å². The van der Waals surface area contributed by atoms with E-state index in [0.717, 1.165) is 11.4 Å². The van der Waals surface area contributed by atoms with E-state index in [2.05, 4.69) is 20.5 Å². The van der Waals surface area contributed by atoms with Gasteiger partial charge in [0.1, 0.15) is 0 Å². The number of aryl methyl sites for hydroxylation is 1. The zero-order valence-electron chi connectivity index (χ0n) is 12.5. The predicted molar refractivity (Wildman–Crippen MR) is 79.6 cm³/mol. The van der Waals surface area contributed by atoms with E-state index in [1.54, 1.807) is 12.1 Å². The zero-order valence-corrected chi connectivity index (χ0v) is 12.5. The van der Waals surface area contributed by atoms with Crippen LogP contribution in [0.1, 0.15) is 37.8 Å². The summed E-state index contributed by atoms with van der Waals surface area (Å²) in [6.45, 7) is 4.47. The average Bonchev–Trinajstić information content (AvgIpc) is 2.90. The maximum absolute atomic E-state index is 11.3. The van der Waals surface area contributed by atoms with E-state index >= 15 is 0 Å². The summed E-state index contributed by atoms with van der Waals surface area (Å²) in [6, 6.07) is 3.62. The van der Waals surface area contributed by atoms with Gasteiger partial charge in [0.2, 0.25) is 11.8 Å². The van der Waals surface area contributed by atoms with Crippen LogP contribution in [0.3, 0.4) is 0 Å². The Morgan fingerprint density at radius 3 is 2.95 bits per heavy atom. The number of fused-ring (bicyclic) bond motifs is 1. The van der Waals surface area contributed by atoms with Crippen LogP contribution in [0, 0.1) is 0 Å². The highest BCUT2D eigenvalue weighted by atomic mass is 16.5. The van der Waals surface area contributed by atoms with Crippen LogP contribution in [0.25, 0.3) is 0 Å². The van der Waals surface area contributed by atoms with Crippen molar-refractivity contribution in [3.05, 3.63) is 23.7 Å². The van der Waals surface area contributed by atoms with Gasteiger partial charge in [0.15, 0.2) is 5.82 Å². The number of carbonyl (C=O) groups is 1. The van der Waals surface area contributed by atoms with Gasteiger partial charge >= 0.3 is 6.01 Å². The lowest BCUT2D eigenvalue weighted by molar-refractivity contribution is -0.116. The van der Waals surface area contributed by atoms with Crippen LogP contribution in [0.4, 0.5) is 5.69 Å². The third-order valence-corrected chi connectivity index (χ3v) is 3.48. The molecule has 0 spiro atoms. The predicted octanol–water partition coefficient (Wildman–Crippen LogP) is 1.39. The molecular formula is C14H18N6O2. The molecule has 2 aromatic heterocycles. The summed E-state index contributed by atoms with van der Waals surface area (Å²) in [5, 5.41) is 10.9. The fourth-order valence-corrected chi connectivity index (χ4v) is 2.39. The fraction of sp³-hybridized carbons (Fsp3) is 0.429. The van der Waals surface area contributed by atoms with E-state index in [4.69, 9.17) is 10.5 Å².